The van der Waals surface area contributed by atoms with E-state index in [0.29, 0.717) is 25.3 Å². The van der Waals surface area contributed by atoms with E-state index < -0.39 is 18.0 Å². The molecule has 24 heavy (non-hydrogen) atoms. The van der Waals surface area contributed by atoms with Gasteiger partial charge in [0.2, 0.25) is 0 Å². The largest absolute Gasteiger partial charge is 0.451 e. The van der Waals surface area contributed by atoms with Crippen molar-refractivity contribution in [1.82, 2.24) is 0 Å². The van der Waals surface area contributed by atoms with Gasteiger partial charge in [0.15, 0.2) is 9.87 Å². The van der Waals surface area contributed by atoms with E-state index in [1.807, 2.05) is 22.6 Å². The third kappa shape index (κ3) is 5.54. The van der Waals surface area contributed by atoms with Crippen molar-refractivity contribution < 1.29 is 18.7 Å². The van der Waals surface area contributed by atoms with Crippen LogP contribution in [0.1, 0.15) is 12.7 Å². The summed E-state index contributed by atoms with van der Waals surface area (Å²) in [5, 5.41) is 3.32. The molecule has 1 aromatic heterocycles. The lowest BCUT2D eigenvalue weighted by Gasteiger charge is -2.13. The summed E-state index contributed by atoms with van der Waals surface area (Å²) in [4.78, 5) is 23.8. The summed E-state index contributed by atoms with van der Waals surface area (Å²) >= 11 is 13.8. The van der Waals surface area contributed by atoms with Crippen LogP contribution in [0.2, 0.25) is 10.0 Å². The Morgan fingerprint density at radius 3 is 2.67 bits per heavy atom. The van der Waals surface area contributed by atoms with Crippen molar-refractivity contribution >= 4 is 69.4 Å². The van der Waals surface area contributed by atoms with Crippen LogP contribution >= 0.6 is 45.8 Å². The monoisotopic (exact) mass is 479 g/mol. The maximum Gasteiger partial charge on any atom is 0.331 e. The van der Waals surface area contributed by atoms with E-state index >= 15 is 0 Å². The number of nitrogens with one attached hydrogen (secondary N) is 1. The Labute approximate surface area is 162 Å². The van der Waals surface area contributed by atoms with Crippen molar-refractivity contribution in [1.29, 1.82) is 0 Å². The highest BCUT2D eigenvalue weighted by Gasteiger charge is 2.17. The predicted octanol–water partition coefficient (Wildman–Crippen LogP) is 4.77. The molecule has 0 saturated heterocycles. The first-order valence-electron chi connectivity index (χ1n) is 6.75. The van der Waals surface area contributed by atoms with E-state index in [4.69, 9.17) is 32.4 Å². The first-order valence-corrected chi connectivity index (χ1v) is 8.58. The maximum atomic E-state index is 12.0. The standard InChI is InChI=1S/C16H12Cl2INO4/c1-9(16(22)20-13-5-2-10(17)8-12(13)18)23-15(21)7-4-11-3-6-14(19)24-11/h2-9H,1H3,(H,20,22)/b7-4+. The average molecular weight is 480 g/mol. The third-order valence-electron chi connectivity index (χ3n) is 2.83. The SMILES string of the molecule is CC(OC(=O)/C=C/c1ccc(I)o1)C(=O)Nc1ccc(Cl)cc1Cl. The van der Waals surface area contributed by atoms with Crippen molar-refractivity contribution in [2.45, 2.75) is 13.0 Å². The number of carbonyl (C=O) groups is 2. The highest BCUT2D eigenvalue weighted by atomic mass is 127. The van der Waals surface area contributed by atoms with Crippen LogP contribution < -0.4 is 5.32 Å². The number of furan rings is 1. The molecule has 0 saturated carbocycles. The summed E-state index contributed by atoms with van der Waals surface area (Å²) in [6.07, 6.45) is 1.66. The number of amides is 1. The fraction of sp³-hybridized carbons (Fsp3) is 0.125. The number of rotatable bonds is 5. The minimum Gasteiger partial charge on any atom is -0.451 e. The molecule has 1 N–H and O–H groups in total. The van der Waals surface area contributed by atoms with Gasteiger partial charge in [0.1, 0.15) is 5.76 Å². The summed E-state index contributed by atoms with van der Waals surface area (Å²) in [6.45, 7) is 1.46. The van der Waals surface area contributed by atoms with E-state index in [9.17, 15) is 9.59 Å². The zero-order chi connectivity index (χ0) is 17.7. The summed E-state index contributed by atoms with van der Waals surface area (Å²) in [7, 11) is 0. The Morgan fingerprint density at radius 1 is 1.29 bits per heavy atom. The van der Waals surface area contributed by atoms with Crippen molar-refractivity contribution in [3.63, 3.8) is 0 Å². The van der Waals surface area contributed by atoms with Gasteiger partial charge in [-0.25, -0.2) is 4.79 Å². The van der Waals surface area contributed by atoms with Crippen molar-refractivity contribution in [2.24, 2.45) is 0 Å². The van der Waals surface area contributed by atoms with E-state index in [1.54, 1.807) is 24.3 Å². The smallest absolute Gasteiger partial charge is 0.331 e. The third-order valence-corrected chi connectivity index (χ3v) is 3.96. The van der Waals surface area contributed by atoms with Crippen molar-refractivity contribution in [3.05, 3.63) is 56.0 Å². The van der Waals surface area contributed by atoms with Gasteiger partial charge in [0.25, 0.3) is 5.91 Å². The molecule has 5 nitrogen and oxygen atoms in total. The first kappa shape index (κ1) is 18.8. The van der Waals surface area contributed by atoms with Gasteiger partial charge in [-0.3, -0.25) is 4.79 Å². The molecule has 1 unspecified atom stereocenters. The highest BCUT2D eigenvalue weighted by Crippen LogP contribution is 2.25. The van der Waals surface area contributed by atoms with Crippen molar-refractivity contribution in [3.8, 4) is 0 Å². The Bertz CT molecular complexity index is 788. The fourth-order valence-electron chi connectivity index (χ4n) is 1.66. The normalized spacial score (nSPS) is 12.2. The zero-order valence-corrected chi connectivity index (χ0v) is 16.1. The number of carbonyl (C=O) groups excluding carboxylic acids is 2. The van der Waals surface area contributed by atoms with Crippen LogP contribution in [0.5, 0.6) is 0 Å². The molecule has 1 atom stereocenters. The van der Waals surface area contributed by atoms with Gasteiger partial charge in [0.05, 0.1) is 10.7 Å². The molecule has 1 heterocycles. The molecular weight excluding hydrogens is 468 g/mol. The summed E-state index contributed by atoms with van der Waals surface area (Å²) in [5.41, 5.74) is 0.384. The second-order valence-electron chi connectivity index (χ2n) is 4.67. The van der Waals surface area contributed by atoms with Crippen LogP contribution in [0.3, 0.4) is 0 Å². The van der Waals surface area contributed by atoms with E-state index in [0.717, 1.165) is 0 Å². The van der Waals surface area contributed by atoms with Crippen LogP contribution in [0.25, 0.3) is 6.08 Å². The summed E-state index contributed by atoms with van der Waals surface area (Å²) < 4.78 is 11.0. The Hall–Kier alpha value is -1.51. The quantitative estimate of drug-likeness (QED) is 0.381. The fourth-order valence-corrected chi connectivity index (χ4v) is 2.55. The molecule has 0 bridgehead atoms. The lowest BCUT2D eigenvalue weighted by atomic mass is 10.3. The second-order valence-corrected chi connectivity index (χ2v) is 6.57. The first-order chi connectivity index (χ1) is 11.3. The number of hydrogen-bond acceptors (Lipinski definition) is 4. The minimum absolute atomic E-state index is 0.293. The van der Waals surface area contributed by atoms with Gasteiger partial charge in [-0.1, -0.05) is 23.2 Å². The van der Waals surface area contributed by atoms with Crippen LogP contribution in [-0.4, -0.2) is 18.0 Å². The number of hydrogen-bond donors (Lipinski definition) is 1. The zero-order valence-electron chi connectivity index (χ0n) is 12.4. The van der Waals surface area contributed by atoms with Gasteiger partial charge in [0, 0.05) is 11.1 Å². The molecule has 0 radical (unpaired) electrons. The van der Waals surface area contributed by atoms with Gasteiger partial charge in [-0.05, 0) is 65.9 Å². The lowest BCUT2D eigenvalue weighted by Crippen LogP contribution is -2.29. The molecule has 126 valence electrons. The molecule has 1 aromatic carbocycles. The molecule has 0 fully saturated rings. The van der Waals surface area contributed by atoms with Crippen LogP contribution in [0.15, 0.2) is 40.8 Å². The second kappa shape index (κ2) is 8.55. The molecule has 0 aliphatic heterocycles. The molecular formula is C16H12Cl2INO4. The molecule has 2 rings (SSSR count). The summed E-state index contributed by atoms with van der Waals surface area (Å²) in [5.74, 6) is -0.652. The summed E-state index contributed by atoms with van der Waals surface area (Å²) in [6, 6.07) is 8.13. The van der Waals surface area contributed by atoms with Gasteiger partial charge in [-0.15, -0.1) is 0 Å². The lowest BCUT2D eigenvalue weighted by molar-refractivity contribution is -0.148. The average Bonchev–Trinajstić information content (AvgIpc) is 2.93. The number of esters is 1. The van der Waals surface area contributed by atoms with Gasteiger partial charge >= 0.3 is 5.97 Å². The molecule has 0 aliphatic rings. The maximum absolute atomic E-state index is 12.0. The predicted molar refractivity (Wildman–Crippen MR) is 101 cm³/mol. The molecule has 2 aromatic rings. The molecule has 0 spiro atoms. The Morgan fingerprint density at radius 2 is 2.04 bits per heavy atom. The van der Waals surface area contributed by atoms with Gasteiger partial charge < -0.3 is 14.5 Å². The van der Waals surface area contributed by atoms with E-state index in [-0.39, 0.29) is 0 Å². The highest BCUT2D eigenvalue weighted by molar-refractivity contribution is 14.1. The number of benzene rings is 1. The van der Waals surface area contributed by atoms with E-state index in [1.165, 1.54) is 25.1 Å². The minimum atomic E-state index is -0.995. The Balaban J connectivity index is 1.90. The van der Waals surface area contributed by atoms with Crippen LogP contribution in [-0.2, 0) is 14.3 Å². The number of anilines is 1. The molecule has 1 amide bonds. The Kier molecular flexibility index (Phi) is 6.70. The van der Waals surface area contributed by atoms with Crippen LogP contribution in [0.4, 0.5) is 5.69 Å². The van der Waals surface area contributed by atoms with Crippen LogP contribution in [0, 0.1) is 3.77 Å². The van der Waals surface area contributed by atoms with Crippen molar-refractivity contribution in [2.75, 3.05) is 5.32 Å². The molecule has 0 aliphatic carbocycles. The molecule has 8 heteroatoms. The number of halogens is 3. The topological polar surface area (TPSA) is 68.5 Å². The number of ether oxygens (including phenoxy) is 1. The van der Waals surface area contributed by atoms with Gasteiger partial charge in [-0.2, -0.15) is 0 Å². The van der Waals surface area contributed by atoms with E-state index in [2.05, 4.69) is 5.32 Å².